The molecule has 0 amide bonds. The summed E-state index contributed by atoms with van der Waals surface area (Å²) in [5.74, 6) is 0. The summed E-state index contributed by atoms with van der Waals surface area (Å²) in [7, 11) is 0. The second-order valence-corrected chi connectivity index (χ2v) is 13.3. The zero-order valence-corrected chi connectivity index (χ0v) is 21.7. The topological polar surface area (TPSA) is 0 Å². The lowest BCUT2D eigenvalue weighted by molar-refractivity contribution is 0.722. The number of rotatable bonds is 8. The van der Waals surface area contributed by atoms with Crippen LogP contribution in [0.3, 0.4) is 0 Å². The number of unbranched alkanes of at least 4 members (excludes halogenated alkanes) is 2. The smallest absolute Gasteiger partial charge is 0.0449 e. The highest BCUT2D eigenvalue weighted by Gasteiger charge is 2.12. The molecule has 158 valence electrons. The molecule has 0 saturated carbocycles. The van der Waals surface area contributed by atoms with Crippen LogP contribution in [0.1, 0.15) is 35.9 Å². The van der Waals surface area contributed by atoms with E-state index in [-0.39, 0.29) is 0 Å². The highest BCUT2D eigenvalue weighted by Crippen LogP contribution is 2.44. The molecule has 0 N–H and O–H groups in total. The first-order valence-electron chi connectivity index (χ1n) is 10.7. The average molecular weight is 497 g/mol. The van der Waals surface area contributed by atoms with Gasteiger partial charge in [-0.15, -0.1) is 56.7 Å². The van der Waals surface area contributed by atoms with Crippen molar-refractivity contribution in [1.82, 2.24) is 0 Å². The van der Waals surface area contributed by atoms with Crippen LogP contribution in [0, 0.1) is 6.92 Å². The molecule has 0 fully saturated rings. The van der Waals surface area contributed by atoms with E-state index in [4.69, 9.17) is 0 Å². The van der Waals surface area contributed by atoms with Crippen molar-refractivity contribution < 1.29 is 0 Å². The normalized spacial score (nSPS) is 11.4. The Balaban J connectivity index is 1.32. The molecule has 5 aromatic rings. The Hall–Kier alpha value is -1.50. The largest absolute Gasteiger partial charge is 0.140 e. The van der Waals surface area contributed by atoms with Crippen LogP contribution in [0.2, 0.25) is 0 Å². The molecule has 5 heterocycles. The third-order valence-corrected chi connectivity index (χ3v) is 11.4. The van der Waals surface area contributed by atoms with Crippen LogP contribution < -0.4 is 0 Å². The predicted molar refractivity (Wildman–Crippen MR) is 146 cm³/mol. The Labute approximate surface area is 204 Å². The van der Waals surface area contributed by atoms with Gasteiger partial charge in [0.2, 0.25) is 0 Å². The standard InChI is InChI=1S/C26H24S5/c1-3-4-5-6-18-8-10-20(28-18)22-12-14-24(30-22)26-16-15-25(31-26)23-13-11-21(29-23)19-9-7-17(2)27-19/h7-16H,3-6H2,1-2H3. The molecule has 0 aromatic carbocycles. The summed E-state index contributed by atoms with van der Waals surface area (Å²) < 4.78 is 0. The third-order valence-electron chi connectivity index (χ3n) is 5.22. The summed E-state index contributed by atoms with van der Waals surface area (Å²) in [6, 6.07) is 22.8. The highest BCUT2D eigenvalue weighted by molar-refractivity contribution is 7.29. The summed E-state index contributed by atoms with van der Waals surface area (Å²) in [4.78, 5) is 13.9. The summed E-state index contributed by atoms with van der Waals surface area (Å²) in [5.41, 5.74) is 0. The van der Waals surface area contributed by atoms with Gasteiger partial charge in [-0.25, -0.2) is 0 Å². The maximum atomic E-state index is 2.32. The molecule has 0 saturated heterocycles. The monoisotopic (exact) mass is 496 g/mol. The zero-order chi connectivity index (χ0) is 21.2. The Morgan fingerprint density at radius 1 is 0.484 bits per heavy atom. The van der Waals surface area contributed by atoms with E-state index in [0.717, 1.165) is 0 Å². The van der Waals surface area contributed by atoms with E-state index >= 15 is 0 Å². The van der Waals surface area contributed by atoms with Gasteiger partial charge >= 0.3 is 0 Å². The van der Waals surface area contributed by atoms with E-state index in [9.17, 15) is 0 Å². The first-order valence-corrected chi connectivity index (χ1v) is 14.7. The first kappa shape index (κ1) is 21.4. The van der Waals surface area contributed by atoms with Gasteiger partial charge in [-0.1, -0.05) is 19.8 Å². The van der Waals surface area contributed by atoms with Crippen molar-refractivity contribution >= 4 is 56.7 Å². The summed E-state index contributed by atoms with van der Waals surface area (Å²) in [6.45, 7) is 4.44. The Bertz CT molecular complexity index is 1270. The molecule has 0 bridgehead atoms. The maximum Gasteiger partial charge on any atom is 0.0449 e. The van der Waals surface area contributed by atoms with Gasteiger partial charge in [0.15, 0.2) is 0 Å². The zero-order valence-electron chi connectivity index (χ0n) is 17.6. The molecule has 0 aliphatic rings. The van der Waals surface area contributed by atoms with Crippen LogP contribution in [-0.2, 0) is 6.42 Å². The van der Waals surface area contributed by atoms with Crippen LogP contribution in [-0.4, -0.2) is 0 Å². The lowest BCUT2D eigenvalue weighted by Crippen LogP contribution is -1.78. The number of hydrogen-bond acceptors (Lipinski definition) is 5. The summed E-state index contributed by atoms with van der Waals surface area (Å²) in [5, 5.41) is 0. The molecular formula is C26H24S5. The maximum absolute atomic E-state index is 2.32. The van der Waals surface area contributed by atoms with Crippen LogP contribution in [0.25, 0.3) is 39.0 Å². The van der Waals surface area contributed by atoms with Crippen LogP contribution in [0.15, 0.2) is 60.7 Å². The third kappa shape index (κ3) is 4.81. The van der Waals surface area contributed by atoms with Crippen molar-refractivity contribution in [3.8, 4) is 39.0 Å². The van der Waals surface area contributed by atoms with Gasteiger partial charge in [-0.05, 0) is 80.4 Å². The van der Waals surface area contributed by atoms with Crippen LogP contribution in [0.5, 0.6) is 0 Å². The number of thiophene rings is 5. The Morgan fingerprint density at radius 3 is 1.35 bits per heavy atom. The van der Waals surface area contributed by atoms with E-state index in [2.05, 4.69) is 74.5 Å². The van der Waals surface area contributed by atoms with Crippen molar-refractivity contribution in [3.05, 3.63) is 70.4 Å². The predicted octanol–water partition coefficient (Wildman–Crippen LogP) is 10.7. The van der Waals surface area contributed by atoms with E-state index < -0.39 is 0 Å². The summed E-state index contributed by atoms with van der Waals surface area (Å²) >= 11 is 9.57. The van der Waals surface area contributed by atoms with Gasteiger partial charge in [0.1, 0.15) is 0 Å². The Kier molecular flexibility index (Phi) is 6.58. The van der Waals surface area contributed by atoms with Gasteiger partial charge in [0.05, 0.1) is 0 Å². The van der Waals surface area contributed by atoms with Gasteiger partial charge in [-0.3, -0.25) is 0 Å². The molecule has 0 nitrogen and oxygen atoms in total. The Morgan fingerprint density at radius 2 is 0.903 bits per heavy atom. The van der Waals surface area contributed by atoms with Crippen LogP contribution in [0.4, 0.5) is 0 Å². The van der Waals surface area contributed by atoms with Crippen molar-refractivity contribution in [2.24, 2.45) is 0 Å². The molecule has 0 aliphatic carbocycles. The van der Waals surface area contributed by atoms with E-state index in [0.29, 0.717) is 0 Å². The van der Waals surface area contributed by atoms with E-state index in [1.807, 2.05) is 56.7 Å². The molecule has 5 rings (SSSR count). The molecule has 0 unspecified atom stereocenters. The average Bonchev–Trinajstić information content (AvgIpc) is 3.58. The number of hydrogen-bond donors (Lipinski definition) is 0. The van der Waals surface area contributed by atoms with Gasteiger partial charge < -0.3 is 0 Å². The molecule has 5 heteroatoms. The van der Waals surface area contributed by atoms with Gasteiger partial charge in [0, 0.05) is 48.8 Å². The number of aryl methyl sites for hydroxylation is 2. The second-order valence-electron chi connectivity index (χ2n) is 7.63. The lowest BCUT2D eigenvalue weighted by atomic mass is 10.2. The lowest BCUT2D eigenvalue weighted by Gasteiger charge is -1.95. The van der Waals surface area contributed by atoms with Crippen molar-refractivity contribution in [1.29, 1.82) is 0 Å². The fourth-order valence-electron chi connectivity index (χ4n) is 3.57. The van der Waals surface area contributed by atoms with E-state index in [1.54, 1.807) is 0 Å². The minimum atomic E-state index is 1.22. The fourth-order valence-corrected chi connectivity index (χ4v) is 8.87. The molecule has 0 aliphatic heterocycles. The fraction of sp³-hybridized carbons (Fsp3) is 0.231. The SMILES string of the molecule is CCCCCc1ccc(-c2ccc(-c3ccc(-c4ccc(-c5ccc(C)s5)s4)s3)s2)s1. The van der Waals surface area contributed by atoms with Crippen molar-refractivity contribution in [3.63, 3.8) is 0 Å². The summed E-state index contributed by atoms with van der Waals surface area (Å²) in [6.07, 6.45) is 5.14. The molecule has 31 heavy (non-hydrogen) atoms. The molecular weight excluding hydrogens is 473 g/mol. The quantitative estimate of drug-likeness (QED) is 0.187. The molecule has 0 atom stereocenters. The van der Waals surface area contributed by atoms with Crippen molar-refractivity contribution in [2.45, 2.75) is 39.5 Å². The van der Waals surface area contributed by atoms with Gasteiger partial charge in [-0.2, -0.15) is 0 Å². The van der Waals surface area contributed by atoms with Crippen molar-refractivity contribution in [2.75, 3.05) is 0 Å². The minimum absolute atomic E-state index is 1.22. The van der Waals surface area contributed by atoms with Crippen LogP contribution >= 0.6 is 56.7 Å². The first-order chi connectivity index (χ1) is 15.2. The van der Waals surface area contributed by atoms with Gasteiger partial charge in [0.25, 0.3) is 0 Å². The molecule has 5 aromatic heterocycles. The van der Waals surface area contributed by atoms with E-state index in [1.165, 1.54) is 74.5 Å². The molecule has 0 spiro atoms. The highest BCUT2D eigenvalue weighted by atomic mass is 32.1. The molecule has 0 radical (unpaired) electrons. The minimum Gasteiger partial charge on any atom is -0.140 e. The second kappa shape index (κ2) is 9.55.